The molecule has 0 aromatic heterocycles. The summed E-state index contributed by atoms with van der Waals surface area (Å²) in [5.74, 6) is -0.981. The van der Waals surface area contributed by atoms with E-state index in [-0.39, 0.29) is 17.9 Å². The van der Waals surface area contributed by atoms with Crippen molar-refractivity contribution in [1.29, 1.82) is 0 Å². The highest BCUT2D eigenvalue weighted by molar-refractivity contribution is 7.85. The largest absolute Gasteiger partial charge is 0.508 e. The molecular weight excluding hydrogens is 344 g/mol. The van der Waals surface area contributed by atoms with Gasteiger partial charge in [0.2, 0.25) is 0 Å². The molecule has 0 heterocycles. The Morgan fingerprint density at radius 1 is 1.08 bits per heavy atom. The Morgan fingerprint density at radius 2 is 1.68 bits per heavy atom. The summed E-state index contributed by atoms with van der Waals surface area (Å²) in [7, 11) is -4.22. The van der Waals surface area contributed by atoms with Crippen molar-refractivity contribution in [2.75, 3.05) is 12.4 Å². The lowest BCUT2D eigenvalue weighted by atomic mass is 10.1. The number of carbonyl (C=O) groups excluding carboxylic acids is 1. The van der Waals surface area contributed by atoms with Gasteiger partial charge >= 0.3 is 0 Å². The molecule has 7 heteroatoms. The molecule has 0 spiro atoms. The van der Waals surface area contributed by atoms with Gasteiger partial charge in [-0.25, -0.2) is 0 Å². The molecule has 6 nitrogen and oxygen atoms in total. The zero-order valence-electron chi connectivity index (χ0n) is 14.3. The number of aliphatic hydroxyl groups excluding tert-OH is 1. The minimum atomic E-state index is -4.22. The highest BCUT2D eigenvalue weighted by atomic mass is 32.2. The highest BCUT2D eigenvalue weighted by Gasteiger charge is 2.06. The molecule has 0 aliphatic rings. The summed E-state index contributed by atoms with van der Waals surface area (Å²) in [5.41, 5.74) is 0.944. The molecule has 0 atom stereocenters. The summed E-state index contributed by atoms with van der Waals surface area (Å²) in [6.45, 7) is 3.70. The van der Waals surface area contributed by atoms with Crippen molar-refractivity contribution in [2.24, 2.45) is 0 Å². The van der Waals surface area contributed by atoms with Crippen LogP contribution in [-0.4, -0.2) is 41.3 Å². The SMILES string of the molecule is CC.O=C(/C=C/Cc1ccc(O)cc1)C(/C=C\CO)=C/CS(=O)(=O)O. The van der Waals surface area contributed by atoms with Crippen molar-refractivity contribution in [1.82, 2.24) is 0 Å². The minimum absolute atomic E-state index is 0.0543. The standard InChI is InChI=1S/C16H18O6S.C2H6/c17-11-2-4-14(10-12-23(20,21)22)16(19)5-1-3-13-6-8-15(18)9-7-13;1-2/h1-2,4-10,17-18H,3,11-12H2,(H,20,21,22);1-2H3/b4-2-,5-1+,14-10+;. The van der Waals surface area contributed by atoms with Gasteiger partial charge in [-0.1, -0.05) is 50.3 Å². The van der Waals surface area contributed by atoms with E-state index >= 15 is 0 Å². The molecule has 3 N–H and O–H groups in total. The van der Waals surface area contributed by atoms with E-state index in [1.54, 1.807) is 18.2 Å². The summed E-state index contributed by atoms with van der Waals surface area (Å²) < 4.78 is 30.2. The number of phenolic OH excluding ortho intramolecular Hbond substituents is 1. The number of benzene rings is 1. The second kappa shape index (κ2) is 12.2. The zero-order valence-corrected chi connectivity index (χ0v) is 15.1. The van der Waals surface area contributed by atoms with Crippen molar-refractivity contribution >= 4 is 15.9 Å². The fourth-order valence-electron chi connectivity index (χ4n) is 1.66. The molecule has 0 saturated carbocycles. The Balaban J connectivity index is 0.00000277. The summed E-state index contributed by atoms with van der Waals surface area (Å²) in [5, 5.41) is 17.9. The lowest BCUT2D eigenvalue weighted by Crippen LogP contribution is -2.04. The lowest BCUT2D eigenvalue weighted by Gasteiger charge is -1.99. The number of carbonyl (C=O) groups is 1. The quantitative estimate of drug-likeness (QED) is 0.369. The van der Waals surface area contributed by atoms with Crippen LogP contribution in [0.25, 0.3) is 0 Å². The predicted molar refractivity (Wildman–Crippen MR) is 98.0 cm³/mol. The van der Waals surface area contributed by atoms with Crippen molar-refractivity contribution in [3.8, 4) is 5.75 Å². The summed E-state index contributed by atoms with van der Waals surface area (Å²) in [6, 6.07) is 6.49. The van der Waals surface area contributed by atoms with Gasteiger partial charge in [-0.15, -0.1) is 0 Å². The van der Waals surface area contributed by atoms with Crippen LogP contribution in [-0.2, 0) is 21.3 Å². The molecule has 0 bridgehead atoms. The first-order valence-electron chi connectivity index (χ1n) is 7.73. The normalized spacial score (nSPS) is 12.2. The number of phenols is 1. The third kappa shape index (κ3) is 11.0. The van der Waals surface area contributed by atoms with E-state index in [9.17, 15) is 18.3 Å². The zero-order chi connectivity index (χ0) is 19.3. The van der Waals surface area contributed by atoms with Gasteiger partial charge in [-0.05, 0) is 30.2 Å². The summed E-state index contributed by atoms with van der Waals surface area (Å²) in [4.78, 5) is 12.0. The molecule has 0 saturated heterocycles. The van der Waals surface area contributed by atoms with Crippen molar-refractivity contribution in [3.05, 3.63) is 65.8 Å². The van der Waals surface area contributed by atoms with Crippen LogP contribution < -0.4 is 0 Å². The highest BCUT2D eigenvalue weighted by Crippen LogP contribution is 2.10. The fraction of sp³-hybridized carbons (Fsp3) is 0.278. The second-order valence-electron chi connectivity index (χ2n) is 4.63. The van der Waals surface area contributed by atoms with Crippen molar-refractivity contribution in [2.45, 2.75) is 20.3 Å². The third-order valence-corrected chi connectivity index (χ3v) is 3.35. The van der Waals surface area contributed by atoms with E-state index in [0.29, 0.717) is 6.42 Å². The van der Waals surface area contributed by atoms with E-state index in [4.69, 9.17) is 9.66 Å². The van der Waals surface area contributed by atoms with E-state index < -0.39 is 21.7 Å². The number of ketones is 1. The molecule has 1 aromatic rings. The van der Waals surface area contributed by atoms with Gasteiger partial charge in [0.15, 0.2) is 5.78 Å². The van der Waals surface area contributed by atoms with E-state index in [2.05, 4.69) is 0 Å². The van der Waals surface area contributed by atoms with E-state index in [0.717, 1.165) is 11.6 Å². The maximum atomic E-state index is 12.0. The Hall–Kier alpha value is -2.22. The van der Waals surface area contributed by atoms with Gasteiger partial charge in [0.1, 0.15) is 5.75 Å². The van der Waals surface area contributed by atoms with Gasteiger partial charge < -0.3 is 10.2 Å². The number of rotatable bonds is 8. The molecule has 0 aliphatic heterocycles. The van der Waals surface area contributed by atoms with Gasteiger partial charge in [-0.3, -0.25) is 9.35 Å². The number of aliphatic hydroxyl groups is 1. The van der Waals surface area contributed by atoms with Crippen LogP contribution in [0, 0.1) is 0 Å². The number of hydrogen-bond donors (Lipinski definition) is 3. The maximum absolute atomic E-state index is 12.0. The first-order chi connectivity index (χ1) is 11.8. The van der Waals surface area contributed by atoms with Crippen molar-refractivity contribution < 1.29 is 28.0 Å². The van der Waals surface area contributed by atoms with Crippen LogP contribution in [0.5, 0.6) is 5.75 Å². The molecule has 1 rings (SSSR count). The molecule has 0 radical (unpaired) electrons. The van der Waals surface area contributed by atoms with Gasteiger partial charge in [0.25, 0.3) is 10.1 Å². The average Bonchev–Trinajstić information content (AvgIpc) is 2.57. The Bertz CT molecular complexity index is 712. The molecule has 138 valence electrons. The third-order valence-electron chi connectivity index (χ3n) is 2.76. The average molecular weight is 368 g/mol. The maximum Gasteiger partial charge on any atom is 0.268 e. The van der Waals surface area contributed by atoms with Gasteiger partial charge in [0.05, 0.1) is 12.4 Å². The molecule has 0 aliphatic carbocycles. The number of hydrogen-bond acceptors (Lipinski definition) is 5. The minimum Gasteiger partial charge on any atom is -0.508 e. The molecule has 25 heavy (non-hydrogen) atoms. The summed E-state index contributed by atoms with van der Waals surface area (Å²) in [6.07, 6.45) is 7.00. The van der Waals surface area contributed by atoms with Crippen molar-refractivity contribution in [3.63, 3.8) is 0 Å². The Morgan fingerprint density at radius 3 is 2.20 bits per heavy atom. The fourth-order valence-corrected chi connectivity index (χ4v) is 2.05. The molecular formula is C18H24O6S. The van der Waals surface area contributed by atoms with Crippen LogP contribution in [0.1, 0.15) is 19.4 Å². The first-order valence-corrected chi connectivity index (χ1v) is 9.34. The molecule has 0 fully saturated rings. The molecule has 1 aromatic carbocycles. The second-order valence-corrected chi connectivity index (χ2v) is 6.13. The van der Waals surface area contributed by atoms with Crippen LogP contribution >= 0.6 is 0 Å². The number of allylic oxidation sites excluding steroid dienone is 4. The predicted octanol–water partition coefficient (Wildman–Crippen LogP) is 2.45. The smallest absolute Gasteiger partial charge is 0.268 e. The van der Waals surface area contributed by atoms with Gasteiger partial charge in [0, 0.05) is 5.57 Å². The molecule has 0 amide bonds. The first kappa shape index (κ1) is 22.8. The summed E-state index contributed by atoms with van der Waals surface area (Å²) >= 11 is 0. The molecule has 0 unspecified atom stereocenters. The van der Waals surface area contributed by atoms with Gasteiger partial charge in [-0.2, -0.15) is 8.42 Å². The lowest BCUT2D eigenvalue weighted by molar-refractivity contribution is -0.111. The number of aromatic hydroxyl groups is 1. The van der Waals surface area contributed by atoms with Crippen LogP contribution in [0.3, 0.4) is 0 Å². The Kier molecular flexibility index (Phi) is 11.1. The topological polar surface area (TPSA) is 112 Å². The van der Waals surface area contributed by atoms with Crippen LogP contribution in [0.15, 0.2) is 60.2 Å². The van der Waals surface area contributed by atoms with Crippen LogP contribution in [0.2, 0.25) is 0 Å². The Labute approximate surface area is 148 Å². The van der Waals surface area contributed by atoms with Crippen LogP contribution in [0.4, 0.5) is 0 Å². The monoisotopic (exact) mass is 368 g/mol. The van der Waals surface area contributed by atoms with E-state index in [1.165, 1.54) is 30.4 Å². The van der Waals surface area contributed by atoms with E-state index in [1.807, 2.05) is 13.8 Å².